The first-order valence-electron chi connectivity index (χ1n) is 9.61. The molecule has 0 radical (unpaired) electrons. The van der Waals surface area contributed by atoms with Crippen molar-refractivity contribution < 1.29 is 4.74 Å². The third-order valence-electron chi connectivity index (χ3n) is 4.78. The zero-order chi connectivity index (χ0) is 20.9. The highest BCUT2D eigenvalue weighted by Crippen LogP contribution is 2.30. The van der Waals surface area contributed by atoms with Gasteiger partial charge in [0, 0.05) is 29.0 Å². The number of hydrogen-bond acceptors (Lipinski definition) is 5. The van der Waals surface area contributed by atoms with Crippen LogP contribution in [-0.4, -0.2) is 22.1 Å². The zero-order valence-electron chi connectivity index (χ0n) is 17.0. The summed E-state index contributed by atoms with van der Waals surface area (Å²) in [5.41, 5.74) is 4.92. The van der Waals surface area contributed by atoms with Gasteiger partial charge in [-0.3, -0.25) is 4.98 Å². The first-order chi connectivity index (χ1) is 14.7. The van der Waals surface area contributed by atoms with Gasteiger partial charge >= 0.3 is 0 Å². The Bertz CT molecular complexity index is 1230. The Hall–Kier alpha value is -3.99. The molecule has 0 bridgehead atoms. The fraction of sp³-hybridized carbons (Fsp3) is 0.0800. The molecule has 148 valence electrons. The Morgan fingerprint density at radius 2 is 1.97 bits per heavy atom. The number of nitrogens with one attached hydrogen (secondary N) is 1. The van der Waals surface area contributed by atoms with Crippen LogP contribution in [0.5, 0.6) is 5.75 Å². The Morgan fingerprint density at radius 3 is 2.73 bits per heavy atom. The SMILES string of the molecule is C=C/C=C\c1cc(Nc2nc(-c3cccnc3)nc3ccc(OC)cc23)ccc1C. The van der Waals surface area contributed by atoms with Crippen molar-refractivity contribution in [3.63, 3.8) is 0 Å². The van der Waals surface area contributed by atoms with Crippen LogP contribution in [0.2, 0.25) is 0 Å². The highest BCUT2D eigenvalue weighted by molar-refractivity contribution is 5.93. The molecule has 4 aromatic rings. The van der Waals surface area contributed by atoms with Crippen LogP contribution < -0.4 is 10.1 Å². The largest absolute Gasteiger partial charge is 0.497 e. The fourth-order valence-corrected chi connectivity index (χ4v) is 3.16. The lowest BCUT2D eigenvalue weighted by molar-refractivity contribution is 0.415. The second-order valence-electron chi connectivity index (χ2n) is 6.81. The highest BCUT2D eigenvalue weighted by atomic mass is 16.5. The number of pyridine rings is 1. The average molecular weight is 394 g/mol. The van der Waals surface area contributed by atoms with Gasteiger partial charge in [-0.15, -0.1) is 0 Å². The Morgan fingerprint density at radius 1 is 1.07 bits per heavy atom. The monoisotopic (exact) mass is 394 g/mol. The number of benzene rings is 2. The third kappa shape index (κ3) is 4.05. The number of hydrogen-bond donors (Lipinski definition) is 1. The molecule has 2 heterocycles. The van der Waals surface area contributed by atoms with Crippen LogP contribution in [-0.2, 0) is 0 Å². The number of ether oxygens (including phenoxy) is 1. The summed E-state index contributed by atoms with van der Waals surface area (Å²) in [6.07, 6.45) is 9.23. The van der Waals surface area contributed by atoms with E-state index in [-0.39, 0.29) is 0 Å². The van der Waals surface area contributed by atoms with Crippen LogP contribution in [0.4, 0.5) is 11.5 Å². The predicted octanol–water partition coefficient (Wildman–Crippen LogP) is 5.95. The van der Waals surface area contributed by atoms with Crippen molar-refractivity contribution in [3.8, 4) is 17.1 Å². The molecule has 0 aliphatic heterocycles. The number of nitrogens with zero attached hydrogens (tertiary/aromatic N) is 3. The summed E-state index contributed by atoms with van der Waals surface area (Å²) in [5.74, 6) is 2.07. The summed E-state index contributed by atoms with van der Waals surface area (Å²) in [4.78, 5) is 13.7. The van der Waals surface area contributed by atoms with E-state index in [9.17, 15) is 0 Å². The van der Waals surface area contributed by atoms with Crippen molar-refractivity contribution in [1.82, 2.24) is 15.0 Å². The molecule has 5 heteroatoms. The number of methoxy groups -OCH3 is 1. The molecule has 0 saturated heterocycles. The van der Waals surface area contributed by atoms with Gasteiger partial charge in [0.1, 0.15) is 11.6 Å². The summed E-state index contributed by atoms with van der Waals surface area (Å²) in [6.45, 7) is 5.83. The lowest BCUT2D eigenvalue weighted by Crippen LogP contribution is -2.00. The van der Waals surface area contributed by atoms with Gasteiger partial charge in [-0.05, 0) is 60.5 Å². The summed E-state index contributed by atoms with van der Waals surface area (Å²) in [5, 5.41) is 4.35. The van der Waals surface area contributed by atoms with Crippen LogP contribution in [0.1, 0.15) is 11.1 Å². The molecular weight excluding hydrogens is 372 g/mol. The van der Waals surface area contributed by atoms with Crippen molar-refractivity contribution in [2.45, 2.75) is 6.92 Å². The molecule has 0 unspecified atom stereocenters. The maximum Gasteiger partial charge on any atom is 0.163 e. The van der Waals surface area contributed by atoms with Crippen LogP contribution in [0.25, 0.3) is 28.4 Å². The maximum absolute atomic E-state index is 5.41. The first-order valence-corrected chi connectivity index (χ1v) is 9.61. The minimum Gasteiger partial charge on any atom is -0.497 e. The van der Waals surface area contributed by atoms with Gasteiger partial charge < -0.3 is 10.1 Å². The zero-order valence-corrected chi connectivity index (χ0v) is 17.0. The van der Waals surface area contributed by atoms with Crippen molar-refractivity contribution in [3.05, 3.63) is 90.8 Å². The summed E-state index contributed by atoms with van der Waals surface area (Å²) in [6, 6.07) is 15.8. The van der Waals surface area contributed by atoms with Gasteiger partial charge in [-0.2, -0.15) is 0 Å². The summed E-state index contributed by atoms with van der Waals surface area (Å²) >= 11 is 0. The van der Waals surface area contributed by atoms with Gasteiger partial charge in [0.25, 0.3) is 0 Å². The van der Waals surface area contributed by atoms with E-state index >= 15 is 0 Å². The number of fused-ring (bicyclic) bond motifs is 1. The molecule has 0 aliphatic rings. The molecule has 4 rings (SSSR count). The first kappa shape index (κ1) is 19.3. The number of allylic oxidation sites excluding steroid dienone is 2. The number of anilines is 2. The van der Waals surface area contributed by atoms with E-state index in [2.05, 4.69) is 35.9 Å². The molecule has 5 nitrogen and oxygen atoms in total. The molecule has 30 heavy (non-hydrogen) atoms. The van der Waals surface area contributed by atoms with Gasteiger partial charge in [-0.1, -0.05) is 30.9 Å². The smallest absolute Gasteiger partial charge is 0.163 e. The minimum absolute atomic E-state index is 0.613. The topological polar surface area (TPSA) is 59.9 Å². The van der Waals surface area contributed by atoms with E-state index in [4.69, 9.17) is 14.7 Å². The van der Waals surface area contributed by atoms with Crippen molar-refractivity contribution >= 4 is 28.5 Å². The van der Waals surface area contributed by atoms with Crippen LogP contribution in [0, 0.1) is 6.92 Å². The van der Waals surface area contributed by atoms with Gasteiger partial charge in [0.05, 0.1) is 12.6 Å². The minimum atomic E-state index is 0.613. The van der Waals surface area contributed by atoms with E-state index in [1.807, 2.05) is 48.6 Å². The van der Waals surface area contributed by atoms with Crippen molar-refractivity contribution in [2.24, 2.45) is 0 Å². The van der Waals surface area contributed by atoms with Gasteiger partial charge in [0.2, 0.25) is 0 Å². The van der Waals surface area contributed by atoms with E-state index in [1.165, 1.54) is 5.56 Å². The van der Waals surface area contributed by atoms with Crippen LogP contribution >= 0.6 is 0 Å². The molecule has 0 atom stereocenters. The fourth-order valence-electron chi connectivity index (χ4n) is 3.16. The lowest BCUT2D eigenvalue weighted by Gasteiger charge is -2.13. The van der Waals surface area contributed by atoms with E-state index < -0.39 is 0 Å². The third-order valence-corrected chi connectivity index (χ3v) is 4.78. The average Bonchev–Trinajstić information content (AvgIpc) is 2.79. The van der Waals surface area contributed by atoms with Crippen LogP contribution in [0.3, 0.4) is 0 Å². The number of aromatic nitrogens is 3. The number of rotatable bonds is 6. The Labute approximate surface area is 175 Å². The number of aryl methyl sites for hydroxylation is 1. The predicted molar refractivity (Wildman–Crippen MR) is 123 cm³/mol. The molecule has 2 aromatic carbocycles. The normalized spacial score (nSPS) is 11.0. The van der Waals surface area contributed by atoms with Gasteiger partial charge in [0.15, 0.2) is 5.82 Å². The molecule has 0 spiro atoms. The molecule has 1 N–H and O–H groups in total. The second kappa shape index (κ2) is 8.57. The van der Waals surface area contributed by atoms with Crippen molar-refractivity contribution in [2.75, 3.05) is 12.4 Å². The maximum atomic E-state index is 5.41. The van der Waals surface area contributed by atoms with Crippen LogP contribution in [0.15, 0.2) is 79.7 Å². The standard InChI is InChI=1S/C25H22N4O/c1-4-5-7-18-14-20(10-9-17(18)2)27-25-22-15-21(30-3)11-12-23(22)28-24(29-25)19-8-6-13-26-16-19/h4-16H,1H2,2-3H3,(H,27,28,29)/b7-5-. The second-order valence-corrected chi connectivity index (χ2v) is 6.81. The molecule has 0 fully saturated rings. The van der Waals surface area contributed by atoms with Crippen molar-refractivity contribution in [1.29, 1.82) is 0 Å². The molecule has 0 aliphatic carbocycles. The molecular formula is C25H22N4O. The summed E-state index contributed by atoms with van der Waals surface area (Å²) in [7, 11) is 1.65. The molecule has 0 amide bonds. The highest BCUT2D eigenvalue weighted by Gasteiger charge is 2.12. The van der Waals surface area contributed by atoms with Gasteiger partial charge in [-0.25, -0.2) is 9.97 Å². The molecule has 2 aromatic heterocycles. The quantitative estimate of drug-likeness (QED) is 0.409. The Kier molecular flexibility index (Phi) is 5.52. The lowest BCUT2D eigenvalue weighted by atomic mass is 10.1. The summed E-state index contributed by atoms with van der Waals surface area (Å²) < 4.78 is 5.41. The van der Waals surface area contributed by atoms with E-state index in [0.29, 0.717) is 11.6 Å². The molecule has 0 saturated carbocycles. The van der Waals surface area contributed by atoms with E-state index in [1.54, 1.807) is 25.6 Å². The van der Waals surface area contributed by atoms with E-state index in [0.717, 1.165) is 33.5 Å². The Balaban J connectivity index is 1.84.